The summed E-state index contributed by atoms with van der Waals surface area (Å²) in [6.07, 6.45) is 5.57. The van der Waals surface area contributed by atoms with E-state index in [1.54, 1.807) is 16.8 Å². The first-order chi connectivity index (χ1) is 12.6. The summed E-state index contributed by atoms with van der Waals surface area (Å²) < 4.78 is 8.59. The molecule has 0 aliphatic carbocycles. The average molecular weight is 414 g/mol. The summed E-state index contributed by atoms with van der Waals surface area (Å²) >= 11 is 3.42. The molecule has 3 rings (SSSR count). The van der Waals surface area contributed by atoms with Crippen LogP contribution in [0.3, 0.4) is 0 Å². The third kappa shape index (κ3) is 4.95. The highest BCUT2D eigenvalue weighted by Crippen LogP contribution is 2.27. The molecule has 1 heterocycles. The Morgan fingerprint density at radius 3 is 2.85 bits per heavy atom. The van der Waals surface area contributed by atoms with Gasteiger partial charge in [-0.25, -0.2) is 0 Å². The largest absolute Gasteiger partial charge is 0.456 e. The number of nitrogens with zero attached hydrogens (tertiary/aromatic N) is 2. The summed E-state index contributed by atoms with van der Waals surface area (Å²) in [5.74, 6) is 1.08. The fraction of sp³-hybridized carbons (Fsp3) is 0.200. The molecule has 0 spiro atoms. The van der Waals surface area contributed by atoms with E-state index in [2.05, 4.69) is 26.3 Å². The van der Waals surface area contributed by atoms with Crippen LogP contribution in [0.5, 0.6) is 11.5 Å². The Morgan fingerprint density at radius 2 is 2.08 bits per heavy atom. The van der Waals surface area contributed by atoms with Crippen molar-refractivity contribution in [3.63, 3.8) is 0 Å². The van der Waals surface area contributed by atoms with Crippen LogP contribution in [0.4, 0.5) is 0 Å². The molecule has 0 unspecified atom stereocenters. The fourth-order valence-corrected chi connectivity index (χ4v) is 2.97. The minimum Gasteiger partial charge on any atom is -0.456 e. The van der Waals surface area contributed by atoms with E-state index in [0.717, 1.165) is 17.3 Å². The molecule has 26 heavy (non-hydrogen) atoms. The predicted molar refractivity (Wildman–Crippen MR) is 105 cm³/mol. The number of hydrogen-bond donors (Lipinski definition) is 1. The maximum absolute atomic E-state index is 12.5. The Labute approximate surface area is 161 Å². The van der Waals surface area contributed by atoms with E-state index >= 15 is 0 Å². The van der Waals surface area contributed by atoms with E-state index in [4.69, 9.17) is 4.74 Å². The van der Waals surface area contributed by atoms with Crippen molar-refractivity contribution in [2.75, 3.05) is 6.54 Å². The van der Waals surface area contributed by atoms with Crippen LogP contribution in [-0.2, 0) is 13.5 Å². The monoisotopic (exact) mass is 413 g/mol. The molecule has 1 amide bonds. The van der Waals surface area contributed by atoms with Gasteiger partial charge in [0.2, 0.25) is 0 Å². The molecule has 0 radical (unpaired) electrons. The first-order valence-corrected chi connectivity index (χ1v) is 9.19. The maximum Gasteiger partial charge on any atom is 0.255 e. The molecular formula is C20H20BrN3O2. The highest BCUT2D eigenvalue weighted by Gasteiger charge is 2.12. The van der Waals surface area contributed by atoms with Gasteiger partial charge in [-0.15, -0.1) is 0 Å². The summed E-state index contributed by atoms with van der Waals surface area (Å²) in [4.78, 5) is 12.5. The van der Waals surface area contributed by atoms with E-state index in [-0.39, 0.29) is 5.91 Å². The molecule has 5 nitrogen and oxygen atoms in total. The Balaban J connectivity index is 1.58. The molecule has 0 saturated carbocycles. The molecule has 0 fully saturated rings. The third-order valence-electron chi connectivity index (χ3n) is 3.84. The Bertz CT molecular complexity index is 892. The van der Waals surface area contributed by atoms with Gasteiger partial charge in [0.25, 0.3) is 5.91 Å². The lowest BCUT2D eigenvalue weighted by atomic mass is 10.1. The van der Waals surface area contributed by atoms with Crippen molar-refractivity contribution in [1.82, 2.24) is 15.1 Å². The Kier molecular flexibility index (Phi) is 6.07. The minimum absolute atomic E-state index is 0.137. The van der Waals surface area contributed by atoms with E-state index in [1.165, 1.54) is 5.56 Å². The van der Waals surface area contributed by atoms with Crippen LogP contribution in [0, 0.1) is 0 Å². The highest BCUT2D eigenvalue weighted by atomic mass is 79.9. The van der Waals surface area contributed by atoms with Gasteiger partial charge in [-0.05, 0) is 48.7 Å². The number of nitrogens with one attached hydrogen (secondary N) is 1. The smallest absolute Gasteiger partial charge is 0.255 e. The molecule has 0 bridgehead atoms. The van der Waals surface area contributed by atoms with Gasteiger partial charge in [0.15, 0.2) is 0 Å². The SMILES string of the molecule is Cn1cc(CCCNC(=O)c2ccccc2Oc2cccc(Br)c2)cn1. The van der Waals surface area contributed by atoms with Crippen molar-refractivity contribution in [1.29, 1.82) is 0 Å². The normalized spacial score (nSPS) is 10.5. The zero-order valence-electron chi connectivity index (χ0n) is 14.5. The Morgan fingerprint density at radius 1 is 1.23 bits per heavy atom. The van der Waals surface area contributed by atoms with Crippen molar-refractivity contribution in [2.45, 2.75) is 12.8 Å². The van der Waals surface area contributed by atoms with E-state index in [0.29, 0.717) is 23.6 Å². The van der Waals surface area contributed by atoms with Gasteiger partial charge in [-0.3, -0.25) is 9.48 Å². The van der Waals surface area contributed by atoms with Gasteiger partial charge in [-0.2, -0.15) is 5.10 Å². The number of carbonyl (C=O) groups is 1. The van der Waals surface area contributed by atoms with Crippen LogP contribution >= 0.6 is 15.9 Å². The second-order valence-electron chi connectivity index (χ2n) is 5.94. The van der Waals surface area contributed by atoms with Crippen molar-refractivity contribution in [3.8, 4) is 11.5 Å². The van der Waals surface area contributed by atoms with Crippen LogP contribution in [0.1, 0.15) is 22.3 Å². The van der Waals surface area contributed by atoms with Gasteiger partial charge in [0.1, 0.15) is 11.5 Å². The number of amides is 1. The zero-order chi connectivity index (χ0) is 18.4. The van der Waals surface area contributed by atoms with E-state index in [1.807, 2.05) is 55.8 Å². The molecule has 0 aliphatic rings. The lowest BCUT2D eigenvalue weighted by molar-refractivity contribution is 0.0951. The van der Waals surface area contributed by atoms with Gasteiger partial charge in [0, 0.05) is 24.3 Å². The number of para-hydroxylation sites is 1. The summed E-state index contributed by atoms with van der Waals surface area (Å²) in [6, 6.07) is 14.8. The molecule has 0 atom stereocenters. The van der Waals surface area contributed by atoms with Crippen molar-refractivity contribution in [3.05, 3.63) is 76.5 Å². The number of rotatable bonds is 7. The second-order valence-corrected chi connectivity index (χ2v) is 6.85. The van der Waals surface area contributed by atoms with E-state index < -0.39 is 0 Å². The molecule has 0 saturated heterocycles. The van der Waals surface area contributed by atoms with Crippen LogP contribution in [0.15, 0.2) is 65.4 Å². The minimum atomic E-state index is -0.137. The van der Waals surface area contributed by atoms with Crippen LogP contribution in [0.2, 0.25) is 0 Å². The number of ether oxygens (including phenoxy) is 1. The average Bonchev–Trinajstić information content (AvgIpc) is 3.04. The molecule has 6 heteroatoms. The standard InChI is InChI=1S/C20H20BrN3O2/c1-24-14-15(13-23-24)6-5-11-22-20(25)18-9-2-3-10-19(18)26-17-8-4-7-16(21)12-17/h2-4,7-10,12-14H,5-6,11H2,1H3,(H,22,25). The number of halogens is 1. The molecule has 1 N–H and O–H groups in total. The van der Waals surface area contributed by atoms with Crippen molar-refractivity contribution < 1.29 is 9.53 Å². The number of benzene rings is 2. The first kappa shape index (κ1) is 18.2. The highest BCUT2D eigenvalue weighted by molar-refractivity contribution is 9.10. The van der Waals surface area contributed by atoms with Crippen molar-refractivity contribution in [2.24, 2.45) is 7.05 Å². The summed E-state index contributed by atoms with van der Waals surface area (Å²) in [6.45, 7) is 0.596. The number of hydrogen-bond acceptors (Lipinski definition) is 3. The van der Waals surface area contributed by atoms with Crippen LogP contribution < -0.4 is 10.1 Å². The lowest BCUT2D eigenvalue weighted by Gasteiger charge is -2.11. The zero-order valence-corrected chi connectivity index (χ0v) is 16.1. The van der Waals surface area contributed by atoms with Crippen LogP contribution in [0.25, 0.3) is 0 Å². The predicted octanol–water partition coefficient (Wildman–Crippen LogP) is 4.34. The molecule has 2 aromatic carbocycles. The Hall–Kier alpha value is -2.60. The van der Waals surface area contributed by atoms with Crippen LogP contribution in [-0.4, -0.2) is 22.2 Å². The first-order valence-electron chi connectivity index (χ1n) is 8.40. The topological polar surface area (TPSA) is 56.2 Å². The maximum atomic E-state index is 12.5. The molecule has 3 aromatic rings. The summed E-state index contributed by atoms with van der Waals surface area (Å²) in [7, 11) is 1.90. The molecule has 134 valence electrons. The molecule has 0 aliphatic heterocycles. The molecular weight excluding hydrogens is 394 g/mol. The van der Waals surface area contributed by atoms with Crippen molar-refractivity contribution >= 4 is 21.8 Å². The van der Waals surface area contributed by atoms with Gasteiger partial charge < -0.3 is 10.1 Å². The number of aromatic nitrogens is 2. The van der Waals surface area contributed by atoms with E-state index in [9.17, 15) is 4.79 Å². The lowest BCUT2D eigenvalue weighted by Crippen LogP contribution is -2.25. The second kappa shape index (κ2) is 8.67. The number of aryl methyl sites for hydroxylation is 2. The van der Waals surface area contributed by atoms with Gasteiger partial charge in [0.05, 0.1) is 11.8 Å². The van der Waals surface area contributed by atoms with Gasteiger partial charge >= 0.3 is 0 Å². The summed E-state index contributed by atoms with van der Waals surface area (Å²) in [5, 5.41) is 7.10. The fourth-order valence-electron chi connectivity index (χ4n) is 2.59. The quantitative estimate of drug-likeness (QED) is 0.586. The molecule has 1 aromatic heterocycles. The number of carbonyl (C=O) groups excluding carboxylic acids is 1. The summed E-state index contributed by atoms with van der Waals surface area (Å²) in [5.41, 5.74) is 1.69. The third-order valence-corrected chi connectivity index (χ3v) is 4.33. The van der Waals surface area contributed by atoms with Gasteiger partial charge in [-0.1, -0.05) is 34.1 Å².